The molecule has 0 spiro atoms. The van der Waals surface area contributed by atoms with Gasteiger partial charge in [-0.15, -0.1) is 0 Å². The van der Waals surface area contributed by atoms with Gasteiger partial charge in [-0.1, -0.05) is 37.3 Å². The van der Waals surface area contributed by atoms with Crippen molar-refractivity contribution in [2.45, 2.75) is 19.8 Å². The summed E-state index contributed by atoms with van der Waals surface area (Å²) < 4.78 is 11.0. The molecule has 1 N–H and O–H groups in total. The van der Waals surface area contributed by atoms with E-state index in [9.17, 15) is 9.90 Å². The number of carboxylic acids is 1. The summed E-state index contributed by atoms with van der Waals surface area (Å²) in [5, 5.41) is 10.7. The zero-order chi connectivity index (χ0) is 20.5. The Bertz CT molecular complexity index is 1130. The van der Waals surface area contributed by atoms with E-state index in [2.05, 4.69) is 6.92 Å². The second-order valence-corrected chi connectivity index (χ2v) is 7.40. The molecule has 5 heteroatoms. The number of allylic oxidation sites excluding steroid dienone is 1. The predicted octanol–water partition coefficient (Wildman–Crippen LogP) is 5.07. The fourth-order valence-corrected chi connectivity index (χ4v) is 4.19. The summed E-state index contributed by atoms with van der Waals surface area (Å²) in [5.74, 6) is 0.712. The maximum absolute atomic E-state index is 12.2. The number of benzene rings is 2. The minimum atomic E-state index is -0.910. The highest BCUT2D eigenvalue weighted by Crippen LogP contribution is 2.40. The summed E-state index contributed by atoms with van der Waals surface area (Å²) in [5.41, 5.74) is 4.53. The van der Waals surface area contributed by atoms with Gasteiger partial charge in [-0.2, -0.15) is 0 Å². The second kappa shape index (κ2) is 7.59. The number of pyridine rings is 1. The van der Waals surface area contributed by atoms with Crippen LogP contribution in [0.1, 0.15) is 40.5 Å². The van der Waals surface area contributed by atoms with Crippen molar-refractivity contribution in [2.75, 3.05) is 14.2 Å². The molecule has 3 aromatic rings. The predicted molar refractivity (Wildman–Crippen MR) is 114 cm³/mol. The van der Waals surface area contributed by atoms with E-state index in [0.717, 1.165) is 28.8 Å². The van der Waals surface area contributed by atoms with Crippen molar-refractivity contribution >= 4 is 28.5 Å². The normalized spacial score (nSPS) is 17.2. The molecule has 0 aliphatic heterocycles. The number of methoxy groups -OCH3 is 2. The third kappa shape index (κ3) is 3.33. The molecule has 1 aliphatic carbocycles. The Balaban J connectivity index is 1.98. The van der Waals surface area contributed by atoms with Crippen LogP contribution in [-0.2, 0) is 6.42 Å². The van der Waals surface area contributed by atoms with Gasteiger partial charge in [-0.3, -0.25) is 0 Å². The Morgan fingerprint density at radius 1 is 1.10 bits per heavy atom. The van der Waals surface area contributed by atoms with Crippen molar-refractivity contribution in [1.29, 1.82) is 0 Å². The van der Waals surface area contributed by atoms with Crippen LogP contribution < -0.4 is 9.47 Å². The number of rotatable bonds is 4. The Kier molecular flexibility index (Phi) is 4.97. The molecule has 29 heavy (non-hydrogen) atoms. The minimum Gasteiger partial charge on any atom is -0.493 e. The average Bonchev–Trinajstić information content (AvgIpc) is 2.71. The zero-order valence-electron chi connectivity index (χ0n) is 16.7. The van der Waals surface area contributed by atoms with E-state index in [1.165, 1.54) is 0 Å². The molecular formula is C24H23NO4. The first-order valence-corrected chi connectivity index (χ1v) is 9.60. The van der Waals surface area contributed by atoms with Crippen molar-refractivity contribution in [3.05, 3.63) is 64.8 Å². The van der Waals surface area contributed by atoms with E-state index >= 15 is 0 Å². The van der Waals surface area contributed by atoms with E-state index < -0.39 is 5.97 Å². The lowest BCUT2D eigenvalue weighted by molar-refractivity contribution is 0.0697. The van der Waals surface area contributed by atoms with E-state index in [-0.39, 0.29) is 0 Å². The van der Waals surface area contributed by atoms with Crippen LogP contribution in [0.5, 0.6) is 11.5 Å². The molecule has 1 unspecified atom stereocenters. The van der Waals surface area contributed by atoms with Crippen molar-refractivity contribution in [3.8, 4) is 11.5 Å². The monoisotopic (exact) mass is 389 g/mol. The lowest BCUT2D eigenvalue weighted by Crippen LogP contribution is -2.17. The third-order valence-electron chi connectivity index (χ3n) is 5.40. The van der Waals surface area contributed by atoms with Gasteiger partial charge in [-0.25, -0.2) is 9.78 Å². The molecule has 1 heterocycles. The molecule has 2 aromatic carbocycles. The molecule has 148 valence electrons. The largest absolute Gasteiger partial charge is 0.493 e. The maximum atomic E-state index is 12.2. The zero-order valence-corrected chi connectivity index (χ0v) is 16.7. The van der Waals surface area contributed by atoms with Crippen molar-refractivity contribution in [2.24, 2.45) is 5.92 Å². The number of para-hydroxylation sites is 2. The Morgan fingerprint density at radius 2 is 1.90 bits per heavy atom. The molecule has 0 fully saturated rings. The number of ether oxygens (including phenoxy) is 2. The molecule has 1 aliphatic rings. The van der Waals surface area contributed by atoms with Gasteiger partial charge < -0.3 is 14.6 Å². The maximum Gasteiger partial charge on any atom is 0.336 e. The molecule has 4 rings (SSSR count). The number of carboxylic acid groups (broad SMARTS) is 1. The Morgan fingerprint density at radius 3 is 2.62 bits per heavy atom. The molecule has 0 bridgehead atoms. The molecule has 1 atom stereocenters. The highest BCUT2D eigenvalue weighted by atomic mass is 16.5. The van der Waals surface area contributed by atoms with Crippen molar-refractivity contribution in [3.63, 3.8) is 0 Å². The molecule has 1 aromatic heterocycles. The molecular weight excluding hydrogens is 366 g/mol. The number of nitrogens with zero attached hydrogens (tertiary/aromatic N) is 1. The second-order valence-electron chi connectivity index (χ2n) is 7.40. The summed E-state index contributed by atoms with van der Waals surface area (Å²) in [4.78, 5) is 17.0. The van der Waals surface area contributed by atoms with Gasteiger partial charge in [0.25, 0.3) is 0 Å². The molecule has 0 radical (unpaired) electrons. The lowest BCUT2D eigenvalue weighted by atomic mass is 9.80. The number of aromatic carboxylic acids is 1. The lowest BCUT2D eigenvalue weighted by Gasteiger charge is -2.26. The molecule has 0 saturated heterocycles. The first-order valence-electron chi connectivity index (χ1n) is 9.60. The summed E-state index contributed by atoms with van der Waals surface area (Å²) in [6.07, 6.45) is 3.56. The highest BCUT2D eigenvalue weighted by Gasteiger charge is 2.28. The van der Waals surface area contributed by atoms with Crippen LogP contribution in [0.25, 0.3) is 22.6 Å². The van der Waals surface area contributed by atoms with Crippen LogP contribution in [-0.4, -0.2) is 30.3 Å². The first kappa shape index (κ1) is 19.0. The van der Waals surface area contributed by atoms with Gasteiger partial charge >= 0.3 is 5.97 Å². The summed E-state index contributed by atoms with van der Waals surface area (Å²) in [6.45, 7) is 2.14. The summed E-state index contributed by atoms with van der Waals surface area (Å²) in [6, 6.07) is 13.2. The number of fused-ring (bicyclic) bond motifs is 2. The average molecular weight is 389 g/mol. The summed E-state index contributed by atoms with van der Waals surface area (Å²) >= 11 is 0. The smallest absolute Gasteiger partial charge is 0.336 e. The Labute approximate surface area is 169 Å². The van der Waals surface area contributed by atoms with Gasteiger partial charge in [0.05, 0.1) is 31.0 Å². The number of carbonyl (C=O) groups is 1. The fraction of sp³-hybridized carbons (Fsp3) is 0.250. The molecule has 0 amide bonds. The topological polar surface area (TPSA) is 68.7 Å². The quantitative estimate of drug-likeness (QED) is 0.674. The number of aromatic nitrogens is 1. The third-order valence-corrected chi connectivity index (χ3v) is 5.40. The van der Waals surface area contributed by atoms with Crippen LogP contribution in [0.15, 0.2) is 42.5 Å². The van der Waals surface area contributed by atoms with Gasteiger partial charge in [0.1, 0.15) is 0 Å². The van der Waals surface area contributed by atoms with E-state index in [4.69, 9.17) is 14.5 Å². The van der Waals surface area contributed by atoms with Crippen LogP contribution in [0.3, 0.4) is 0 Å². The minimum absolute atomic E-state index is 0.311. The van der Waals surface area contributed by atoms with Crippen LogP contribution >= 0.6 is 0 Å². The van der Waals surface area contributed by atoms with Gasteiger partial charge in [0, 0.05) is 10.9 Å². The Hall–Kier alpha value is -3.34. The molecule has 5 nitrogen and oxygen atoms in total. The van der Waals surface area contributed by atoms with E-state index in [1.54, 1.807) is 14.2 Å². The highest BCUT2D eigenvalue weighted by molar-refractivity contribution is 6.06. The first-order chi connectivity index (χ1) is 14.0. The number of hydrogen-bond donors (Lipinski definition) is 1. The van der Waals surface area contributed by atoms with Gasteiger partial charge in [-0.05, 0) is 48.1 Å². The van der Waals surface area contributed by atoms with Crippen LogP contribution in [0, 0.1) is 5.92 Å². The summed E-state index contributed by atoms with van der Waals surface area (Å²) in [7, 11) is 3.23. The van der Waals surface area contributed by atoms with Gasteiger partial charge in [0.2, 0.25) is 0 Å². The van der Waals surface area contributed by atoms with Crippen LogP contribution in [0.2, 0.25) is 0 Å². The fourth-order valence-electron chi connectivity index (χ4n) is 4.19. The SMILES string of the molecule is COc1cccc(/C=C2\CC(C)Cc3c2nc2ccccc2c3C(=O)O)c1OC. The van der Waals surface area contributed by atoms with E-state index in [0.29, 0.717) is 40.3 Å². The van der Waals surface area contributed by atoms with Crippen molar-refractivity contribution in [1.82, 2.24) is 4.98 Å². The standard InChI is InChI=1S/C24H23NO4/c1-14-11-16(13-15-7-6-10-20(28-2)23(15)29-3)22-18(12-14)21(24(26)27)17-8-4-5-9-19(17)25-22/h4-10,13-14H,11-12H2,1-3H3,(H,26,27)/b16-13+. The van der Waals surface area contributed by atoms with Crippen LogP contribution in [0.4, 0.5) is 0 Å². The molecule has 0 saturated carbocycles. The van der Waals surface area contributed by atoms with E-state index in [1.807, 2.05) is 48.5 Å². The number of hydrogen-bond acceptors (Lipinski definition) is 4. The van der Waals surface area contributed by atoms with Gasteiger partial charge in [0.15, 0.2) is 11.5 Å². The van der Waals surface area contributed by atoms with Crippen molar-refractivity contribution < 1.29 is 19.4 Å².